The van der Waals surface area contributed by atoms with Crippen LogP contribution in [-0.4, -0.2) is 47.2 Å². The van der Waals surface area contributed by atoms with Gasteiger partial charge in [0.1, 0.15) is 6.54 Å². The normalized spacial score (nSPS) is 41.6. The lowest BCUT2D eigenvalue weighted by Gasteiger charge is -2.72. The van der Waals surface area contributed by atoms with Crippen LogP contribution < -0.4 is 10.6 Å². The molecular formula is C40H63FN2O5. The number of carboxylic acid groups (broad SMARTS) is 1. The third kappa shape index (κ3) is 5.98. The van der Waals surface area contributed by atoms with E-state index in [1.165, 1.54) is 37.3 Å². The van der Waals surface area contributed by atoms with E-state index in [0.29, 0.717) is 49.0 Å². The van der Waals surface area contributed by atoms with Crippen LogP contribution in [0, 0.1) is 56.7 Å². The second-order valence-corrected chi connectivity index (χ2v) is 18.0. The lowest BCUT2D eigenvalue weighted by atomic mass is 9.32. The Labute approximate surface area is 288 Å². The van der Waals surface area contributed by atoms with E-state index in [1.54, 1.807) is 0 Å². The Morgan fingerprint density at radius 1 is 0.854 bits per heavy atom. The van der Waals surface area contributed by atoms with Gasteiger partial charge in [-0.05, 0) is 148 Å². The number of nitrogens with one attached hydrogen (secondary N) is 2. The van der Waals surface area contributed by atoms with Gasteiger partial charge >= 0.3 is 5.97 Å². The van der Waals surface area contributed by atoms with Gasteiger partial charge in [0, 0.05) is 6.54 Å². The Balaban J connectivity index is 1.25. The maximum absolute atomic E-state index is 14.3. The number of amides is 2. The summed E-state index contributed by atoms with van der Waals surface area (Å²) in [4.78, 5) is 36.5. The minimum atomic E-state index is -1.22. The molecule has 0 unspecified atom stereocenters. The average Bonchev–Trinajstić information content (AvgIpc) is 3.43. The van der Waals surface area contributed by atoms with Gasteiger partial charge in [0.05, 0.1) is 11.5 Å². The van der Waals surface area contributed by atoms with Gasteiger partial charge in [-0.3, -0.25) is 14.4 Å². The molecule has 5 aliphatic rings. The van der Waals surface area contributed by atoms with Crippen molar-refractivity contribution in [3.05, 3.63) is 24.1 Å². The van der Waals surface area contributed by atoms with Crippen molar-refractivity contribution < 1.29 is 29.0 Å². The molecule has 5 saturated carbocycles. The van der Waals surface area contributed by atoms with Crippen molar-refractivity contribution in [3.8, 4) is 0 Å². The highest BCUT2D eigenvalue weighted by Gasteiger charge is 2.71. The highest BCUT2D eigenvalue weighted by atomic mass is 19.1. The molecule has 0 spiro atoms. The van der Waals surface area contributed by atoms with Gasteiger partial charge in [-0.1, -0.05) is 53.2 Å². The number of aliphatic hydroxyl groups excluding tert-OH is 1. The molecule has 0 aromatic rings. The van der Waals surface area contributed by atoms with Crippen LogP contribution in [0.25, 0.3) is 0 Å². The molecule has 8 heteroatoms. The molecule has 2 amide bonds. The first-order valence-electron chi connectivity index (χ1n) is 18.9. The van der Waals surface area contributed by atoms with E-state index in [-0.39, 0.29) is 39.1 Å². The van der Waals surface area contributed by atoms with Crippen LogP contribution in [0.2, 0.25) is 0 Å². The summed E-state index contributed by atoms with van der Waals surface area (Å²) in [5.74, 6) is -0.647. The number of aliphatic hydroxyl groups is 1. The predicted octanol–water partition coefficient (Wildman–Crippen LogP) is 7.74. The summed E-state index contributed by atoms with van der Waals surface area (Å²) in [6.45, 7) is 19.0. The molecule has 0 aliphatic heterocycles. The maximum Gasteiger partial charge on any atom is 0.322 e. The summed E-state index contributed by atoms with van der Waals surface area (Å²) in [6.07, 6.45) is 14.4. The summed E-state index contributed by atoms with van der Waals surface area (Å²) in [5, 5.41) is 25.1. The smallest absolute Gasteiger partial charge is 0.322 e. The molecule has 48 heavy (non-hydrogen) atoms. The average molecular weight is 671 g/mol. The number of aliphatic carboxylic acids is 1. The van der Waals surface area contributed by atoms with Crippen LogP contribution in [0.5, 0.6) is 0 Å². The quantitative estimate of drug-likeness (QED) is 0.102. The number of hydrogen-bond donors (Lipinski definition) is 4. The van der Waals surface area contributed by atoms with Crippen molar-refractivity contribution >= 4 is 17.8 Å². The van der Waals surface area contributed by atoms with E-state index in [9.17, 15) is 23.9 Å². The van der Waals surface area contributed by atoms with E-state index in [2.05, 4.69) is 53.4 Å². The van der Waals surface area contributed by atoms with Crippen molar-refractivity contribution in [2.45, 2.75) is 138 Å². The Hall–Kier alpha value is -2.22. The standard InChI is InChI=1S/C40H63FN2O5/c1-25(2)26-15-20-40(35(48)42-23-11-9-8-10-12-28(41)34(47)43-24-32(45)46)22-21-38(6)27(33(26)40)13-14-30-37(5)18-17-31(44)36(3,4)29(37)16-19-39(30,38)7/h12,26-27,29-31,33,44H,1,8-11,13-24H2,2-7H3,(H,42,48)(H,43,47)(H,45,46)/b28-12-/t26-,27+,29-,30+,31-,33+,37-,38+,39+,40-/m0/s1. The molecule has 270 valence electrons. The molecule has 7 nitrogen and oxygen atoms in total. The fraction of sp³-hybridized carbons (Fsp3) is 0.825. The lowest BCUT2D eigenvalue weighted by molar-refractivity contribution is -0.246. The van der Waals surface area contributed by atoms with Gasteiger partial charge in [0.15, 0.2) is 5.83 Å². The molecule has 10 atom stereocenters. The summed E-state index contributed by atoms with van der Waals surface area (Å²) in [5.41, 5.74) is 1.40. The minimum Gasteiger partial charge on any atom is -0.480 e. The first-order valence-corrected chi connectivity index (χ1v) is 18.9. The first-order chi connectivity index (χ1) is 22.5. The molecule has 5 aliphatic carbocycles. The molecule has 5 rings (SSSR count). The largest absolute Gasteiger partial charge is 0.480 e. The highest BCUT2D eigenvalue weighted by Crippen LogP contribution is 2.77. The molecule has 0 saturated heterocycles. The second-order valence-electron chi connectivity index (χ2n) is 18.0. The molecule has 0 radical (unpaired) electrons. The number of carboxylic acids is 1. The maximum atomic E-state index is 14.3. The van der Waals surface area contributed by atoms with E-state index in [1.807, 2.05) is 5.32 Å². The predicted molar refractivity (Wildman–Crippen MR) is 186 cm³/mol. The molecular weight excluding hydrogens is 607 g/mol. The van der Waals surface area contributed by atoms with Crippen molar-refractivity contribution in [2.24, 2.45) is 56.7 Å². The number of unbranched alkanes of at least 4 members (excludes halogenated alkanes) is 3. The van der Waals surface area contributed by atoms with Crippen LogP contribution >= 0.6 is 0 Å². The fourth-order valence-electron chi connectivity index (χ4n) is 12.9. The second kappa shape index (κ2) is 13.5. The zero-order valence-corrected chi connectivity index (χ0v) is 30.6. The highest BCUT2D eigenvalue weighted by molar-refractivity contribution is 5.93. The van der Waals surface area contributed by atoms with E-state index in [4.69, 9.17) is 5.11 Å². The van der Waals surface area contributed by atoms with Gasteiger partial charge < -0.3 is 20.8 Å². The number of hydrogen-bond acceptors (Lipinski definition) is 4. The number of rotatable bonds is 11. The lowest BCUT2D eigenvalue weighted by Crippen LogP contribution is -2.67. The van der Waals surface area contributed by atoms with Gasteiger partial charge in [-0.25, -0.2) is 4.39 Å². The van der Waals surface area contributed by atoms with Crippen LogP contribution in [-0.2, 0) is 14.4 Å². The number of fused-ring (bicyclic) bond motifs is 7. The zero-order valence-electron chi connectivity index (χ0n) is 30.6. The van der Waals surface area contributed by atoms with Gasteiger partial charge in [0.25, 0.3) is 5.91 Å². The van der Waals surface area contributed by atoms with Crippen LogP contribution in [0.1, 0.15) is 131 Å². The zero-order chi connectivity index (χ0) is 35.3. The van der Waals surface area contributed by atoms with Crippen molar-refractivity contribution in [1.82, 2.24) is 10.6 Å². The number of halogens is 1. The minimum absolute atomic E-state index is 0.0604. The summed E-state index contributed by atoms with van der Waals surface area (Å²) in [7, 11) is 0. The Morgan fingerprint density at radius 2 is 1.58 bits per heavy atom. The first kappa shape index (κ1) is 37.0. The summed E-state index contributed by atoms with van der Waals surface area (Å²) < 4.78 is 13.9. The number of carbonyl (C=O) groups is 3. The van der Waals surface area contributed by atoms with Gasteiger partial charge in [-0.2, -0.15) is 0 Å². The Morgan fingerprint density at radius 3 is 2.27 bits per heavy atom. The third-order valence-corrected chi connectivity index (χ3v) is 15.6. The van der Waals surface area contributed by atoms with Crippen LogP contribution in [0.15, 0.2) is 24.1 Å². The Bertz CT molecular complexity index is 1310. The molecule has 0 aromatic carbocycles. The topological polar surface area (TPSA) is 116 Å². The molecule has 0 heterocycles. The van der Waals surface area contributed by atoms with Gasteiger partial charge in [-0.15, -0.1) is 0 Å². The number of allylic oxidation sites excluding steroid dienone is 2. The van der Waals surface area contributed by atoms with Crippen molar-refractivity contribution in [2.75, 3.05) is 13.1 Å². The summed E-state index contributed by atoms with van der Waals surface area (Å²) >= 11 is 0. The Kier molecular flexibility index (Phi) is 10.4. The van der Waals surface area contributed by atoms with Gasteiger partial charge in [0.2, 0.25) is 5.91 Å². The van der Waals surface area contributed by atoms with E-state index >= 15 is 0 Å². The molecule has 5 fully saturated rings. The molecule has 0 aromatic heterocycles. The monoisotopic (exact) mass is 670 g/mol. The van der Waals surface area contributed by atoms with Crippen molar-refractivity contribution in [3.63, 3.8) is 0 Å². The van der Waals surface area contributed by atoms with Crippen molar-refractivity contribution in [1.29, 1.82) is 0 Å². The van der Waals surface area contributed by atoms with E-state index in [0.717, 1.165) is 51.4 Å². The third-order valence-electron chi connectivity index (χ3n) is 15.6. The SMILES string of the molecule is C=C(C)[C@@H]1CC[C@]2(C(=O)NCCCCC/C=C(\F)C(=O)NCC(=O)O)CC[C@]3(C)[C@H](CC[C@@H]4[C@@]5(C)CC[C@H](O)C(C)(C)[C@@H]5CC[C@]43C)[C@@H]12. The fourth-order valence-corrected chi connectivity index (χ4v) is 12.9. The van der Waals surface area contributed by atoms with E-state index < -0.39 is 24.2 Å². The molecule has 0 bridgehead atoms. The van der Waals surface area contributed by atoms with Crippen LogP contribution in [0.4, 0.5) is 4.39 Å². The molecule has 4 N–H and O–H groups in total. The number of carbonyl (C=O) groups excluding carboxylic acids is 2. The summed E-state index contributed by atoms with van der Waals surface area (Å²) in [6, 6.07) is 0. The van der Waals surface area contributed by atoms with Crippen LogP contribution in [0.3, 0.4) is 0 Å².